The molecule has 118 valence electrons. The van der Waals surface area contributed by atoms with Gasteiger partial charge in [0.25, 0.3) is 0 Å². The second kappa shape index (κ2) is 6.12. The Morgan fingerprint density at radius 2 is 1.57 bits per heavy atom. The highest BCUT2D eigenvalue weighted by Crippen LogP contribution is 2.44. The van der Waals surface area contributed by atoms with E-state index in [-0.39, 0.29) is 12.5 Å². The van der Waals surface area contributed by atoms with E-state index in [4.69, 9.17) is 9.84 Å². The number of rotatable bonds is 4. The molecule has 0 saturated heterocycles. The zero-order valence-electron chi connectivity index (χ0n) is 12.6. The maximum atomic E-state index is 11.6. The third-order valence-electron chi connectivity index (χ3n) is 3.95. The molecule has 5 heteroatoms. The first kappa shape index (κ1) is 15.1. The van der Waals surface area contributed by atoms with Crippen molar-refractivity contribution in [2.45, 2.75) is 18.9 Å². The molecule has 0 heterocycles. The summed E-state index contributed by atoms with van der Waals surface area (Å²) in [5.41, 5.74) is 4.44. The van der Waals surface area contributed by atoms with Gasteiger partial charge in [-0.2, -0.15) is 0 Å². The van der Waals surface area contributed by atoms with Crippen molar-refractivity contribution >= 4 is 12.1 Å². The molecule has 0 spiro atoms. The molecule has 23 heavy (non-hydrogen) atoms. The van der Waals surface area contributed by atoms with E-state index in [0.29, 0.717) is 0 Å². The minimum atomic E-state index is -1.23. The van der Waals surface area contributed by atoms with E-state index >= 15 is 0 Å². The summed E-state index contributed by atoms with van der Waals surface area (Å²) in [7, 11) is 0. The van der Waals surface area contributed by atoms with Crippen LogP contribution in [0.4, 0.5) is 4.79 Å². The maximum absolute atomic E-state index is 11.6. The molecule has 0 fully saturated rings. The number of fused-ring (bicyclic) bond motifs is 3. The molecule has 2 aromatic rings. The Labute approximate surface area is 133 Å². The molecule has 1 aliphatic rings. The SMILES string of the molecule is C[C@H](OC(=O)OCC1c2ccccc2-c2ccccc21)C(=O)O. The van der Waals surface area contributed by atoms with Crippen molar-refractivity contribution < 1.29 is 24.2 Å². The fourth-order valence-corrected chi connectivity index (χ4v) is 2.82. The van der Waals surface area contributed by atoms with E-state index in [1.807, 2.05) is 48.5 Å². The summed E-state index contributed by atoms with van der Waals surface area (Å²) in [4.78, 5) is 22.3. The Bertz CT molecular complexity index is 707. The van der Waals surface area contributed by atoms with Gasteiger partial charge in [-0.15, -0.1) is 0 Å². The molecule has 1 atom stereocenters. The van der Waals surface area contributed by atoms with Gasteiger partial charge >= 0.3 is 12.1 Å². The first-order valence-electron chi connectivity index (χ1n) is 7.32. The van der Waals surface area contributed by atoms with Gasteiger partial charge in [0, 0.05) is 5.92 Å². The highest BCUT2D eigenvalue weighted by molar-refractivity contribution is 5.79. The maximum Gasteiger partial charge on any atom is 0.509 e. The summed E-state index contributed by atoms with van der Waals surface area (Å²) in [6, 6.07) is 15.9. The first-order chi connectivity index (χ1) is 11.1. The number of carbonyl (C=O) groups is 2. The molecule has 1 aliphatic carbocycles. The van der Waals surface area contributed by atoms with Crippen LogP contribution in [0.15, 0.2) is 48.5 Å². The molecule has 0 saturated carbocycles. The minimum Gasteiger partial charge on any atom is -0.479 e. The van der Waals surface area contributed by atoms with Crippen LogP contribution < -0.4 is 0 Å². The van der Waals surface area contributed by atoms with Gasteiger partial charge in [-0.3, -0.25) is 0 Å². The van der Waals surface area contributed by atoms with E-state index < -0.39 is 18.2 Å². The molecular formula is C18H16O5. The normalized spacial score (nSPS) is 13.8. The molecule has 0 radical (unpaired) electrons. The molecule has 3 rings (SSSR count). The van der Waals surface area contributed by atoms with Crippen LogP contribution in [-0.4, -0.2) is 29.9 Å². The topological polar surface area (TPSA) is 72.8 Å². The lowest BCUT2D eigenvalue weighted by molar-refractivity contribution is -0.147. The van der Waals surface area contributed by atoms with Crippen LogP contribution in [0.1, 0.15) is 24.0 Å². The second-order valence-electron chi connectivity index (χ2n) is 5.39. The summed E-state index contributed by atoms with van der Waals surface area (Å²) in [5.74, 6) is -1.28. The Balaban J connectivity index is 1.76. The first-order valence-corrected chi connectivity index (χ1v) is 7.32. The van der Waals surface area contributed by atoms with Crippen molar-refractivity contribution in [2.75, 3.05) is 6.61 Å². The smallest absolute Gasteiger partial charge is 0.479 e. The van der Waals surface area contributed by atoms with Crippen LogP contribution in [-0.2, 0) is 14.3 Å². The lowest BCUT2D eigenvalue weighted by Gasteiger charge is -2.15. The third kappa shape index (κ3) is 2.90. The minimum absolute atomic E-state index is 0.0740. The lowest BCUT2D eigenvalue weighted by atomic mass is 9.98. The van der Waals surface area contributed by atoms with Crippen LogP contribution in [0.2, 0.25) is 0 Å². The Hall–Kier alpha value is -2.82. The quantitative estimate of drug-likeness (QED) is 0.876. The number of aliphatic carboxylic acids is 1. The number of benzene rings is 2. The third-order valence-corrected chi connectivity index (χ3v) is 3.95. The van der Waals surface area contributed by atoms with Gasteiger partial charge in [0.1, 0.15) is 6.61 Å². The lowest BCUT2D eigenvalue weighted by Crippen LogP contribution is -2.25. The number of carboxylic acid groups (broad SMARTS) is 1. The summed E-state index contributed by atoms with van der Waals surface area (Å²) < 4.78 is 9.82. The number of carbonyl (C=O) groups excluding carboxylic acids is 1. The number of hydrogen-bond acceptors (Lipinski definition) is 4. The van der Waals surface area contributed by atoms with E-state index in [0.717, 1.165) is 22.3 Å². The zero-order chi connectivity index (χ0) is 16.4. The van der Waals surface area contributed by atoms with Crippen LogP contribution >= 0.6 is 0 Å². The Morgan fingerprint density at radius 1 is 1.04 bits per heavy atom. The van der Waals surface area contributed by atoms with Gasteiger partial charge in [0.05, 0.1) is 0 Å². The Kier molecular flexibility index (Phi) is 4.02. The highest BCUT2D eigenvalue weighted by atomic mass is 16.7. The number of carboxylic acids is 1. The molecule has 5 nitrogen and oxygen atoms in total. The van der Waals surface area contributed by atoms with Crippen molar-refractivity contribution in [2.24, 2.45) is 0 Å². The monoisotopic (exact) mass is 312 g/mol. The molecule has 0 amide bonds. The van der Waals surface area contributed by atoms with Gasteiger partial charge < -0.3 is 14.6 Å². The number of hydrogen-bond donors (Lipinski definition) is 1. The van der Waals surface area contributed by atoms with E-state index in [9.17, 15) is 9.59 Å². The molecule has 1 N–H and O–H groups in total. The molecule has 0 aliphatic heterocycles. The average molecular weight is 312 g/mol. The van der Waals surface area contributed by atoms with Crippen molar-refractivity contribution in [3.05, 3.63) is 59.7 Å². The largest absolute Gasteiger partial charge is 0.509 e. The number of ether oxygens (including phenoxy) is 2. The summed E-state index contributed by atoms with van der Waals surface area (Å²) in [6.45, 7) is 1.39. The van der Waals surface area contributed by atoms with Gasteiger partial charge in [-0.1, -0.05) is 48.5 Å². The summed E-state index contributed by atoms with van der Waals surface area (Å²) in [6.07, 6.45) is -2.20. The molecule has 0 bridgehead atoms. The van der Waals surface area contributed by atoms with Crippen molar-refractivity contribution in [3.8, 4) is 11.1 Å². The van der Waals surface area contributed by atoms with E-state index in [1.54, 1.807) is 0 Å². The predicted octanol–water partition coefficient (Wildman–Crippen LogP) is 3.43. The van der Waals surface area contributed by atoms with Crippen LogP contribution in [0.25, 0.3) is 11.1 Å². The zero-order valence-corrected chi connectivity index (χ0v) is 12.6. The summed E-state index contributed by atoms with van der Waals surface area (Å²) >= 11 is 0. The average Bonchev–Trinajstić information content (AvgIpc) is 2.87. The molecular weight excluding hydrogens is 296 g/mol. The van der Waals surface area contributed by atoms with E-state index in [1.165, 1.54) is 6.92 Å². The predicted molar refractivity (Wildman–Crippen MR) is 83.3 cm³/mol. The molecule has 0 unspecified atom stereocenters. The highest BCUT2D eigenvalue weighted by Gasteiger charge is 2.29. The molecule has 0 aromatic heterocycles. The van der Waals surface area contributed by atoms with Gasteiger partial charge in [0.2, 0.25) is 0 Å². The van der Waals surface area contributed by atoms with Gasteiger partial charge in [-0.25, -0.2) is 9.59 Å². The summed E-state index contributed by atoms with van der Waals surface area (Å²) in [5, 5.41) is 8.74. The fourth-order valence-electron chi connectivity index (χ4n) is 2.82. The van der Waals surface area contributed by atoms with Crippen molar-refractivity contribution in [1.29, 1.82) is 0 Å². The van der Waals surface area contributed by atoms with E-state index in [2.05, 4.69) is 4.74 Å². The Morgan fingerprint density at radius 3 is 2.09 bits per heavy atom. The van der Waals surface area contributed by atoms with Crippen LogP contribution in [0.3, 0.4) is 0 Å². The standard InChI is InChI=1S/C18H16O5/c1-11(17(19)20)23-18(21)22-10-16-14-8-4-2-6-12(14)13-7-3-5-9-15(13)16/h2-9,11,16H,10H2,1H3,(H,19,20)/t11-/m0/s1. The van der Waals surface area contributed by atoms with Crippen LogP contribution in [0, 0.1) is 0 Å². The van der Waals surface area contributed by atoms with Crippen molar-refractivity contribution in [3.63, 3.8) is 0 Å². The fraction of sp³-hybridized carbons (Fsp3) is 0.222. The van der Waals surface area contributed by atoms with Gasteiger partial charge in [0.15, 0.2) is 6.10 Å². The second-order valence-corrected chi connectivity index (χ2v) is 5.39. The van der Waals surface area contributed by atoms with Crippen LogP contribution in [0.5, 0.6) is 0 Å². The van der Waals surface area contributed by atoms with Gasteiger partial charge in [-0.05, 0) is 29.2 Å². The molecule has 2 aromatic carbocycles. The van der Waals surface area contributed by atoms with Crippen molar-refractivity contribution in [1.82, 2.24) is 0 Å².